The molecule has 0 saturated heterocycles. The zero-order valence-electron chi connectivity index (χ0n) is 15.3. The Balaban J connectivity index is 1.86. The molecule has 1 aromatic carbocycles. The maximum absolute atomic E-state index is 12.6. The van der Waals surface area contributed by atoms with Crippen molar-refractivity contribution in [1.82, 2.24) is 9.97 Å². The summed E-state index contributed by atoms with van der Waals surface area (Å²) in [6, 6.07) is 7.61. The van der Waals surface area contributed by atoms with Gasteiger partial charge in [0.05, 0.1) is 11.4 Å². The number of alkyl halides is 3. The fourth-order valence-corrected chi connectivity index (χ4v) is 4.32. The number of aromatic hydroxyl groups is 1. The summed E-state index contributed by atoms with van der Waals surface area (Å²) in [5.74, 6) is -1.85. The number of halogens is 3. The van der Waals surface area contributed by atoms with Crippen molar-refractivity contribution in [3.63, 3.8) is 0 Å². The normalized spacial score (nSPS) is 12.3. The van der Waals surface area contributed by atoms with Crippen LogP contribution < -0.4 is 0 Å². The predicted octanol–water partition coefficient (Wildman–Crippen LogP) is 4.96. The van der Waals surface area contributed by atoms with E-state index in [9.17, 15) is 26.7 Å². The smallest absolute Gasteiger partial charge is 0.497 e. The van der Waals surface area contributed by atoms with E-state index in [0.29, 0.717) is 11.3 Å². The molecule has 10 heteroatoms. The quantitative estimate of drug-likeness (QED) is 0.583. The Morgan fingerprint density at radius 2 is 1.90 bits per heavy atom. The Hall–Kier alpha value is -2.46. The largest absolute Gasteiger partial charge is 0.508 e. The minimum atomic E-state index is -5.37. The van der Waals surface area contributed by atoms with Gasteiger partial charge in [-0.3, -0.25) is 4.98 Å². The molecule has 0 atom stereocenters. The van der Waals surface area contributed by atoms with Crippen LogP contribution in [0.5, 0.6) is 5.75 Å². The van der Waals surface area contributed by atoms with Crippen molar-refractivity contribution in [2.75, 3.05) is 0 Å². The summed E-state index contributed by atoms with van der Waals surface area (Å²) in [7, 11) is -5.37. The first-order chi connectivity index (χ1) is 13.6. The first-order valence-electron chi connectivity index (χ1n) is 8.63. The van der Waals surface area contributed by atoms with Gasteiger partial charge >= 0.3 is 5.51 Å². The van der Waals surface area contributed by atoms with E-state index in [0.717, 1.165) is 29.1 Å². The van der Waals surface area contributed by atoms with Crippen LogP contribution in [0.1, 0.15) is 24.6 Å². The fourth-order valence-electron chi connectivity index (χ4n) is 2.67. The number of phenols is 1. The predicted molar refractivity (Wildman–Crippen MR) is 105 cm³/mol. The van der Waals surface area contributed by atoms with Crippen LogP contribution in [0.25, 0.3) is 21.8 Å². The molecule has 2 heterocycles. The number of sulfone groups is 1. The average molecular weight is 442 g/mol. The van der Waals surface area contributed by atoms with Crippen molar-refractivity contribution < 1.29 is 26.7 Å². The van der Waals surface area contributed by atoms with Crippen molar-refractivity contribution in [3.05, 3.63) is 53.2 Å². The van der Waals surface area contributed by atoms with Crippen LogP contribution in [0.2, 0.25) is 0 Å². The lowest BCUT2D eigenvalue weighted by Crippen LogP contribution is -2.24. The number of rotatable bonds is 6. The molecule has 0 radical (unpaired) electrons. The topological polar surface area (TPSA) is 80.2 Å². The summed E-state index contributed by atoms with van der Waals surface area (Å²) >= 11 is 1.38. The molecule has 0 aliphatic carbocycles. The molecule has 0 fully saturated rings. The van der Waals surface area contributed by atoms with Crippen LogP contribution in [0.4, 0.5) is 13.2 Å². The van der Waals surface area contributed by atoms with Crippen molar-refractivity contribution in [2.45, 2.75) is 31.0 Å². The summed E-state index contributed by atoms with van der Waals surface area (Å²) in [5, 5.41) is 12.5. The molecule has 0 amide bonds. The molecule has 29 heavy (non-hydrogen) atoms. The molecular weight excluding hydrogens is 425 g/mol. The standard InChI is InChI=1S/C19H17F3N2O3S2/c1-2-3-15-8-13(6-7-23-15)18-24-16(10-28-18)12-4-5-14(17(25)9-12)11-29(26,27)19(20,21)22/h4-10,25H,2-3,11H2,1H3. The van der Waals surface area contributed by atoms with Gasteiger partial charge in [0.15, 0.2) is 0 Å². The van der Waals surface area contributed by atoms with Gasteiger partial charge in [0.1, 0.15) is 10.8 Å². The van der Waals surface area contributed by atoms with Gasteiger partial charge in [0, 0.05) is 34.0 Å². The molecule has 0 spiro atoms. The molecule has 0 bridgehead atoms. The number of pyridine rings is 1. The second-order valence-corrected chi connectivity index (χ2v) is 9.21. The summed E-state index contributed by atoms with van der Waals surface area (Å²) in [6.07, 6.45) is 3.53. The van der Waals surface area contributed by atoms with E-state index in [-0.39, 0.29) is 5.56 Å². The van der Waals surface area contributed by atoms with Gasteiger partial charge in [-0.15, -0.1) is 11.3 Å². The lowest BCUT2D eigenvalue weighted by atomic mass is 10.1. The second-order valence-electron chi connectivity index (χ2n) is 6.37. The summed E-state index contributed by atoms with van der Waals surface area (Å²) < 4.78 is 60.3. The third kappa shape index (κ3) is 4.76. The molecule has 0 aliphatic heterocycles. The average Bonchev–Trinajstić information content (AvgIpc) is 3.13. The lowest BCUT2D eigenvalue weighted by molar-refractivity contribution is -0.0437. The van der Waals surface area contributed by atoms with Crippen molar-refractivity contribution in [1.29, 1.82) is 0 Å². The van der Waals surface area contributed by atoms with E-state index in [4.69, 9.17) is 0 Å². The van der Waals surface area contributed by atoms with Crippen LogP contribution in [0, 0.1) is 0 Å². The number of aromatic nitrogens is 2. The Morgan fingerprint density at radius 3 is 2.55 bits per heavy atom. The Bertz CT molecular complexity index is 1130. The van der Waals surface area contributed by atoms with Crippen molar-refractivity contribution in [3.8, 4) is 27.6 Å². The van der Waals surface area contributed by atoms with Crippen LogP contribution in [-0.2, 0) is 22.0 Å². The fraction of sp³-hybridized carbons (Fsp3) is 0.263. The molecule has 2 aromatic heterocycles. The number of hydrogen-bond acceptors (Lipinski definition) is 6. The minimum Gasteiger partial charge on any atom is -0.508 e. The lowest BCUT2D eigenvalue weighted by Gasteiger charge is -2.10. The second kappa shape index (κ2) is 8.11. The number of phenolic OH excluding ortho intramolecular Hbond substituents is 1. The molecule has 3 aromatic rings. The molecule has 3 rings (SSSR count). The van der Waals surface area contributed by atoms with E-state index in [2.05, 4.69) is 16.9 Å². The Labute approximate surface area is 169 Å². The highest BCUT2D eigenvalue weighted by molar-refractivity contribution is 7.91. The van der Waals surface area contributed by atoms with Gasteiger partial charge in [-0.05, 0) is 24.6 Å². The van der Waals surface area contributed by atoms with Crippen molar-refractivity contribution >= 4 is 21.2 Å². The van der Waals surface area contributed by atoms with E-state index in [1.54, 1.807) is 11.6 Å². The third-order valence-electron chi connectivity index (χ3n) is 4.15. The number of hydrogen-bond donors (Lipinski definition) is 1. The first-order valence-corrected chi connectivity index (χ1v) is 11.2. The zero-order valence-corrected chi connectivity index (χ0v) is 16.9. The number of thiazole rings is 1. The summed E-state index contributed by atoms with van der Waals surface area (Å²) in [5.41, 5.74) is -2.84. The maximum atomic E-state index is 12.6. The SMILES string of the molecule is CCCc1cc(-c2nc(-c3ccc(CS(=O)(=O)C(F)(F)F)c(O)c3)cs2)ccn1. The van der Waals surface area contributed by atoms with Gasteiger partial charge in [-0.1, -0.05) is 25.5 Å². The van der Waals surface area contributed by atoms with Crippen LogP contribution in [-0.4, -0.2) is 29.0 Å². The van der Waals surface area contributed by atoms with Crippen molar-refractivity contribution in [2.24, 2.45) is 0 Å². The van der Waals surface area contributed by atoms with E-state index >= 15 is 0 Å². The molecule has 0 unspecified atom stereocenters. The summed E-state index contributed by atoms with van der Waals surface area (Å²) in [4.78, 5) is 8.82. The number of nitrogens with zero attached hydrogens (tertiary/aromatic N) is 2. The van der Waals surface area contributed by atoms with Crippen LogP contribution >= 0.6 is 11.3 Å². The van der Waals surface area contributed by atoms with Gasteiger partial charge in [-0.25, -0.2) is 13.4 Å². The van der Waals surface area contributed by atoms with E-state index in [1.807, 2.05) is 12.1 Å². The Kier molecular flexibility index (Phi) is 5.95. The molecule has 1 N–H and O–H groups in total. The Morgan fingerprint density at radius 1 is 1.14 bits per heavy atom. The maximum Gasteiger partial charge on any atom is 0.497 e. The monoisotopic (exact) mass is 442 g/mol. The zero-order chi connectivity index (χ0) is 21.2. The van der Waals surface area contributed by atoms with E-state index in [1.165, 1.54) is 29.5 Å². The van der Waals surface area contributed by atoms with Gasteiger partial charge in [-0.2, -0.15) is 13.2 Å². The number of aryl methyl sites for hydroxylation is 1. The van der Waals surface area contributed by atoms with Crippen LogP contribution in [0.3, 0.4) is 0 Å². The molecule has 0 aliphatic rings. The molecule has 5 nitrogen and oxygen atoms in total. The van der Waals surface area contributed by atoms with E-state index < -0.39 is 26.8 Å². The molecule has 0 saturated carbocycles. The molecule has 154 valence electrons. The third-order valence-corrected chi connectivity index (χ3v) is 6.44. The highest BCUT2D eigenvalue weighted by Gasteiger charge is 2.45. The molecular formula is C19H17F3N2O3S2. The number of benzene rings is 1. The van der Waals surface area contributed by atoms with Gasteiger partial charge < -0.3 is 5.11 Å². The highest BCUT2D eigenvalue weighted by Crippen LogP contribution is 2.34. The minimum absolute atomic E-state index is 0.320. The van der Waals surface area contributed by atoms with Gasteiger partial charge in [0.25, 0.3) is 9.84 Å². The van der Waals surface area contributed by atoms with Gasteiger partial charge in [0.2, 0.25) is 0 Å². The highest BCUT2D eigenvalue weighted by atomic mass is 32.2. The van der Waals surface area contributed by atoms with Crippen LogP contribution in [0.15, 0.2) is 41.9 Å². The first kappa shape index (κ1) is 21.3. The summed E-state index contributed by atoms with van der Waals surface area (Å²) in [6.45, 7) is 2.06.